The lowest BCUT2D eigenvalue weighted by Crippen LogP contribution is -2.30. The van der Waals surface area contributed by atoms with Crippen LogP contribution in [0.1, 0.15) is 18.4 Å². The number of thiazole rings is 1. The van der Waals surface area contributed by atoms with E-state index in [2.05, 4.69) is 20.4 Å². The van der Waals surface area contributed by atoms with E-state index in [1.54, 1.807) is 23.6 Å². The molecule has 0 spiro atoms. The third-order valence-electron chi connectivity index (χ3n) is 4.96. The number of rotatable bonds is 7. The predicted molar refractivity (Wildman–Crippen MR) is 114 cm³/mol. The highest BCUT2D eigenvalue weighted by molar-refractivity contribution is 7.14. The molecule has 160 valence electrons. The van der Waals surface area contributed by atoms with Gasteiger partial charge < -0.3 is 15.4 Å². The van der Waals surface area contributed by atoms with Crippen LogP contribution in [0.25, 0.3) is 11.3 Å². The number of benzene rings is 2. The average Bonchev–Trinajstić information content (AvgIpc) is 3.20. The Kier molecular flexibility index (Phi) is 6.22. The van der Waals surface area contributed by atoms with Crippen LogP contribution in [0, 0.1) is 5.92 Å². The van der Waals surface area contributed by atoms with Crippen LogP contribution in [-0.2, 0) is 16.0 Å². The highest BCUT2D eigenvalue weighted by Gasteiger charge is 2.26. The summed E-state index contributed by atoms with van der Waals surface area (Å²) >= 11 is 1.19. The van der Waals surface area contributed by atoms with Crippen molar-refractivity contribution in [3.63, 3.8) is 0 Å². The molecule has 9 heteroatoms. The van der Waals surface area contributed by atoms with Crippen molar-refractivity contribution >= 4 is 34.0 Å². The van der Waals surface area contributed by atoms with E-state index in [0.717, 1.165) is 11.3 Å². The van der Waals surface area contributed by atoms with Crippen LogP contribution in [-0.4, -0.2) is 23.4 Å². The van der Waals surface area contributed by atoms with Crippen LogP contribution in [0.5, 0.6) is 5.75 Å². The van der Waals surface area contributed by atoms with Gasteiger partial charge in [-0.25, -0.2) is 4.98 Å². The first-order valence-electron chi connectivity index (χ1n) is 9.68. The van der Waals surface area contributed by atoms with Crippen molar-refractivity contribution in [3.05, 3.63) is 59.5 Å². The Morgan fingerprint density at radius 2 is 2.00 bits per heavy atom. The Balaban J connectivity index is 1.35. The zero-order valence-electron chi connectivity index (χ0n) is 16.3. The second-order valence-corrected chi connectivity index (χ2v) is 7.90. The number of carbonyl (C=O) groups is 2. The molecule has 0 saturated heterocycles. The summed E-state index contributed by atoms with van der Waals surface area (Å²) in [6.45, 7) is -2.94. The van der Waals surface area contributed by atoms with E-state index in [1.807, 2.05) is 24.3 Å². The molecule has 3 aromatic rings. The maximum Gasteiger partial charge on any atom is 0.387 e. The molecule has 31 heavy (non-hydrogen) atoms. The predicted octanol–water partition coefficient (Wildman–Crippen LogP) is 4.94. The standard InChI is InChI=1S/C22H19F2N3O3S/c23-21(24)30-18-8-4-2-6-15(18)17-12-31-22(26-17)27-19(28)10-9-14-11-13-5-1-3-7-16(13)25-20(14)29/h1-8,12,14,21H,9-11H2,(H,25,29)(H,26,27,28). The normalized spacial score (nSPS) is 15.3. The first-order valence-corrected chi connectivity index (χ1v) is 10.6. The van der Waals surface area contributed by atoms with E-state index in [1.165, 1.54) is 17.4 Å². The molecule has 1 aliphatic heterocycles. The number of halogens is 2. The topological polar surface area (TPSA) is 80.3 Å². The third kappa shape index (κ3) is 5.05. The molecule has 0 radical (unpaired) electrons. The van der Waals surface area contributed by atoms with Crippen LogP contribution in [0.3, 0.4) is 0 Å². The van der Waals surface area contributed by atoms with Crippen LogP contribution < -0.4 is 15.4 Å². The van der Waals surface area contributed by atoms with Crippen LogP contribution in [0.15, 0.2) is 53.9 Å². The van der Waals surface area contributed by atoms with E-state index < -0.39 is 6.61 Å². The highest BCUT2D eigenvalue weighted by atomic mass is 32.1. The third-order valence-corrected chi connectivity index (χ3v) is 5.72. The molecule has 1 aromatic heterocycles. The molecule has 2 N–H and O–H groups in total. The number of nitrogens with one attached hydrogen (secondary N) is 2. The Morgan fingerprint density at radius 3 is 2.84 bits per heavy atom. The van der Waals surface area contributed by atoms with Crippen molar-refractivity contribution in [2.45, 2.75) is 25.9 Å². The summed E-state index contributed by atoms with van der Waals surface area (Å²) in [5.74, 6) is -0.599. The second kappa shape index (κ2) is 9.22. The number of ether oxygens (including phenoxy) is 1. The summed E-state index contributed by atoms with van der Waals surface area (Å²) in [4.78, 5) is 29.0. The monoisotopic (exact) mass is 443 g/mol. The minimum Gasteiger partial charge on any atom is -0.434 e. The Bertz CT molecular complexity index is 1100. The van der Waals surface area contributed by atoms with Gasteiger partial charge in [0.1, 0.15) is 5.75 Å². The molecule has 1 atom stereocenters. The van der Waals surface area contributed by atoms with Gasteiger partial charge in [-0.3, -0.25) is 9.59 Å². The van der Waals surface area contributed by atoms with Gasteiger partial charge in [0, 0.05) is 29.0 Å². The molecule has 2 heterocycles. The fourth-order valence-corrected chi connectivity index (χ4v) is 4.19. The molecule has 1 unspecified atom stereocenters. The van der Waals surface area contributed by atoms with Crippen molar-refractivity contribution in [2.75, 3.05) is 10.6 Å². The SMILES string of the molecule is O=C(CCC1Cc2ccccc2NC1=O)Nc1nc(-c2ccccc2OC(F)F)cs1. The summed E-state index contributed by atoms with van der Waals surface area (Å²) in [5.41, 5.74) is 2.72. The number of nitrogens with zero attached hydrogens (tertiary/aromatic N) is 1. The average molecular weight is 443 g/mol. The van der Waals surface area contributed by atoms with Gasteiger partial charge in [-0.2, -0.15) is 8.78 Å². The van der Waals surface area contributed by atoms with Crippen molar-refractivity contribution in [1.82, 2.24) is 4.98 Å². The Morgan fingerprint density at radius 1 is 1.23 bits per heavy atom. The van der Waals surface area contributed by atoms with Gasteiger partial charge in [0.15, 0.2) is 5.13 Å². The number of hydrogen-bond donors (Lipinski definition) is 2. The van der Waals surface area contributed by atoms with Crippen molar-refractivity contribution < 1.29 is 23.1 Å². The van der Waals surface area contributed by atoms with E-state index in [4.69, 9.17) is 0 Å². The first-order chi connectivity index (χ1) is 15.0. The number of aromatic nitrogens is 1. The largest absolute Gasteiger partial charge is 0.434 e. The quantitative estimate of drug-likeness (QED) is 0.542. The van der Waals surface area contributed by atoms with Crippen LogP contribution in [0.2, 0.25) is 0 Å². The molecule has 2 amide bonds. The summed E-state index contributed by atoms with van der Waals surface area (Å²) in [7, 11) is 0. The van der Waals surface area contributed by atoms with Crippen molar-refractivity contribution in [1.29, 1.82) is 0 Å². The molecule has 0 aliphatic carbocycles. The molecule has 1 aliphatic rings. The fourth-order valence-electron chi connectivity index (χ4n) is 3.47. The van der Waals surface area contributed by atoms with Gasteiger partial charge in [0.25, 0.3) is 0 Å². The van der Waals surface area contributed by atoms with E-state index in [-0.39, 0.29) is 29.9 Å². The van der Waals surface area contributed by atoms with E-state index >= 15 is 0 Å². The molecule has 0 bridgehead atoms. The maximum atomic E-state index is 12.6. The molecule has 0 fully saturated rings. The number of fused-ring (bicyclic) bond motifs is 1. The zero-order valence-corrected chi connectivity index (χ0v) is 17.1. The van der Waals surface area contributed by atoms with Crippen molar-refractivity contribution in [3.8, 4) is 17.0 Å². The molecular formula is C22H19F2N3O3S. The van der Waals surface area contributed by atoms with Gasteiger partial charge in [0.2, 0.25) is 11.8 Å². The zero-order chi connectivity index (χ0) is 21.8. The van der Waals surface area contributed by atoms with Gasteiger partial charge in [-0.05, 0) is 36.6 Å². The summed E-state index contributed by atoms with van der Waals surface area (Å²) < 4.78 is 29.8. The van der Waals surface area contributed by atoms with Gasteiger partial charge in [-0.1, -0.05) is 30.3 Å². The van der Waals surface area contributed by atoms with E-state index in [0.29, 0.717) is 29.2 Å². The minimum atomic E-state index is -2.94. The number of carbonyl (C=O) groups excluding carboxylic acids is 2. The smallest absolute Gasteiger partial charge is 0.387 e. The Hall–Kier alpha value is -3.33. The summed E-state index contributed by atoms with van der Waals surface area (Å²) in [6.07, 6.45) is 1.17. The van der Waals surface area contributed by atoms with Gasteiger partial charge in [-0.15, -0.1) is 11.3 Å². The fraction of sp³-hybridized carbons (Fsp3) is 0.227. The molecular weight excluding hydrogens is 424 g/mol. The number of alkyl halides is 2. The summed E-state index contributed by atoms with van der Waals surface area (Å²) in [5, 5.41) is 7.60. The lowest BCUT2D eigenvalue weighted by atomic mass is 9.89. The number of para-hydroxylation sites is 2. The van der Waals surface area contributed by atoms with Gasteiger partial charge >= 0.3 is 6.61 Å². The Labute approximate surface area is 181 Å². The number of amides is 2. The number of hydrogen-bond acceptors (Lipinski definition) is 5. The van der Waals surface area contributed by atoms with Crippen LogP contribution >= 0.6 is 11.3 Å². The van der Waals surface area contributed by atoms with E-state index in [9.17, 15) is 18.4 Å². The lowest BCUT2D eigenvalue weighted by Gasteiger charge is -2.24. The van der Waals surface area contributed by atoms with Crippen molar-refractivity contribution in [2.24, 2.45) is 5.92 Å². The lowest BCUT2D eigenvalue weighted by molar-refractivity contribution is -0.121. The second-order valence-electron chi connectivity index (χ2n) is 7.05. The minimum absolute atomic E-state index is 0.0178. The maximum absolute atomic E-state index is 12.6. The molecule has 6 nitrogen and oxygen atoms in total. The summed E-state index contributed by atoms with van der Waals surface area (Å²) in [6, 6.07) is 14.0. The highest BCUT2D eigenvalue weighted by Crippen LogP contribution is 2.33. The molecule has 2 aromatic carbocycles. The molecule has 0 saturated carbocycles. The van der Waals surface area contributed by atoms with Gasteiger partial charge in [0.05, 0.1) is 5.69 Å². The first kappa shape index (κ1) is 20.9. The number of anilines is 2. The molecule has 4 rings (SSSR count). The van der Waals surface area contributed by atoms with Crippen LogP contribution in [0.4, 0.5) is 19.6 Å².